The van der Waals surface area contributed by atoms with Gasteiger partial charge in [0.05, 0.1) is 25.4 Å². The van der Waals surface area contributed by atoms with Crippen molar-refractivity contribution in [1.29, 1.82) is 0 Å². The lowest BCUT2D eigenvalue weighted by molar-refractivity contribution is -0.0105. The highest BCUT2D eigenvalue weighted by molar-refractivity contribution is 5.53. The molecule has 1 aliphatic heterocycles. The highest BCUT2D eigenvalue weighted by Gasteiger charge is 2.27. The number of nitrogens with one attached hydrogen (secondary N) is 1. The summed E-state index contributed by atoms with van der Waals surface area (Å²) in [6, 6.07) is 2.03. The number of nitrogens with two attached hydrogens (primary N) is 1. The molecule has 100 valence electrons. The largest absolute Gasteiger partial charge is 0.394 e. The number of anilines is 3. The zero-order valence-corrected chi connectivity index (χ0v) is 10.6. The van der Waals surface area contributed by atoms with Gasteiger partial charge in [0.1, 0.15) is 11.6 Å². The van der Waals surface area contributed by atoms with Crippen LogP contribution in [0.15, 0.2) is 6.07 Å². The van der Waals surface area contributed by atoms with Gasteiger partial charge in [0.25, 0.3) is 0 Å². The monoisotopic (exact) mass is 253 g/mol. The molecule has 2 atom stereocenters. The Morgan fingerprint density at radius 1 is 1.61 bits per heavy atom. The second-order valence-corrected chi connectivity index (χ2v) is 4.36. The van der Waals surface area contributed by atoms with Gasteiger partial charge in [0, 0.05) is 19.7 Å². The van der Waals surface area contributed by atoms with Crippen molar-refractivity contribution in [3.63, 3.8) is 0 Å². The summed E-state index contributed by atoms with van der Waals surface area (Å²) < 4.78 is 5.50. The van der Waals surface area contributed by atoms with E-state index in [2.05, 4.69) is 20.2 Å². The first kappa shape index (κ1) is 12.8. The molecule has 2 rings (SSSR count). The second-order valence-electron chi connectivity index (χ2n) is 4.36. The van der Waals surface area contributed by atoms with Crippen molar-refractivity contribution >= 4 is 17.6 Å². The van der Waals surface area contributed by atoms with Crippen LogP contribution in [0, 0.1) is 0 Å². The fourth-order valence-electron chi connectivity index (χ4n) is 1.97. The van der Waals surface area contributed by atoms with Gasteiger partial charge in [-0.25, -0.2) is 0 Å². The van der Waals surface area contributed by atoms with Crippen LogP contribution < -0.4 is 16.0 Å². The fourth-order valence-corrected chi connectivity index (χ4v) is 1.97. The predicted molar refractivity (Wildman–Crippen MR) is 69.6 cm³/mol. The van der Waals surface area contributed by atoms with Crippen molar-refractivity contribution in [3.8, 4) is 0 Å². The molecule has 0 aromatic carbocycles. The van der Waals surface area contributed by atoms with Gasteiger partial charge in [-0.2, -0.15) is 9.97 Å². The average molecular weight is 253 g/mol. The summed E-state index contributed by atoms with van der Waals surface area (Å²) in [4.78, 5) is 10.4. The van der Waals surface area contributed by atoms with E-state index in [9.17, 15) is 5.11 Å². The summed E-state index contributed by atoms with van der Waals surface area (Å²) in [5.74, 6) is 1.66. The van der Waals surface area contributed by atoms with Gasteiger partial charge < -0.3 is 25.8 Å². The molecule has 1 aliphatic rings. The number of rotatable bonds is 3. The Morgan fingerprint density at radius 2 is 2.39 bits per heavy atom. The van der Waals surface area contributed by atoms with Gasteiger partial charge in [0.15, 0.2) is 0 Å². The van der Waals surface area contributed by atoms with Gasteiger partial charge in [-0.15, -0.1) is 0 Å². The molecule has 0 saturated carbocycles. The van der Waals surface area contributed by atoms with E-state index in [0.29, 0.717) is 19.0 Å². The van der Waals surface area contributed by atoms with E-state index in [0.717, 1.165) is 5.82 Å². The SMILES string of the molecule is CNc1cc(N2CC(CO)OCC2C)nc(N)n1. The summed E-state index contributed by atoms with van der Waals surface area (Å²) in [7, 11) is 1.78. The lowest BCUT2D eigenvalue weighted by atomic mass is 10.2. The van der Waals surface area contributed by atoms with Crippen LogP contribution in [-0.4, -0.2) is 54.0 Å². The van der Waals surface area contributed by atoms with Crippen molar-refractivity contribution in [2.24, 2.45) is 0 Å². The molecular weight excluding hydrogens is 234 g/mol. The third-order valence-electron chi connectivity index (χ3n) is 2.99. The molecule has 0 spiro atoms. The van der Waals surface area contributed by atoms with Gasteiger partial charge in [0.2, 0.25) is 5.95 Å². The number of morpholine rings is 1. The van der Waals surface area contributed by atoms with E-state index < -0.39 is 0 Å². The molecule has 1 aromatic heterocycles. The van der Waals surface area contributed by atoms with E-state index in [1.54, 1.807) is 7.05 Å². The maximum absolute atomic E-state index is 9.18. The number of nitrogen functional groups attached to an aromatic ring is 1. The Morgan fingerprint density at radius 3 is 3.06 bits per heavy atom. The van der Waals surface area contributed by atoms with Crippen LogP contribution in [0.5, 0.6) is 0 Å². The standard InChI is InChI=1S/C11H19N5O2/c1-7-6-18-8(5-17)4-16(7)10-3-9(13-2)14-11(12)15-10/h3,7-8,17H,4-6H2,1-2H3,(H3,12,13,14,15). The lowest BCUT2D eigenvalue weighted by Crippen LogP contribution is -2.50. The number of aliphatic hydroxyl groups is 1. The Labute approximate surface area is 106 Å². The smallest absolute Gasteiger partial charge is 0.223 e. The highest BCUT2D eigenvalue weighted by Crippen LogP contribution is 2.22. The molecule has 4 N–H and O–H groups in total. The van der Waals surface area contributed by atoms with Crippen molar-refractivity contribution in [2.75, 3.05) is 42.8 Å². The summed E-state index contributed by atoms with van der Waals surface area (Å²) in [5.41, 5.74) is 5.68. The number of hydrogen-bond donors (Lipinski definition) is 3. The average Bonchev–Trinajstić information content (AvgIpc) is 2.38. The van der Waals surface area contributed by atoms with Gasteiger partial charge in [-0.05, 0) is 6.92 Å². The van der Waals surface area contributed by atoms with E-state index >= 15 is 0 Å². The Bertz CT molecular complexity index is 414. The molecule has 1 aromatic rings. The van der Waals surface area contributed by atoms with Crippen molar-refractivity contribution < 1.29 is 9.84 Å². The number of ether oxygens (including phenoxy) is 1. The van der Waals surface area contributed by atoms with Gasteiger partial charge >= 0.3 is 0 Å². The van der Waals surface area contributed by atoms with Crippen LogP contribution >= 0.6 is 0 Å². The Kier molecular flexibility index (Phi) is 3.83. The van der Waals surface area contributed by atoms with Crippen molar-refractivity contribution in [2.45, 2.75) is 19.1 Å². The summed E-state index contributed by atoms with van der Waals surface area (Å²) in [5, 5.41) is 12.1. The zero-order chi connectivity index (χ0) is 13.1. The molecule has 0 bridgehead atoms. The van der Waals surface area contributed by atoms with E-state index in [4.69, 9.17) is 10.5 Å². The quantitative estimate of drug-likeness (QED) is 0.679. The molecule has 1 fully saturated rings. The van der Waals surface area contributed by atoms with E-state index in [1.165, 1.54) is 0 Å². The molecule has 1 saturated heterocycles. The number of aliphatic hydroxyl groups excluding tert-OH is 1. The third kappa shape index (κ3) is 2.62. The molecule has 0 radical (unpaired) electrons. The molecule has 0 amide bonds. The molecule has 2 heterocycles. The van der Waals surface area contributed by atoms with Crippen LogP contribution in [0.1, 0.15) is 6.92 Å². The number of aromatic nitrogens is 2. The predicted octanol–water partition coefficient (Wildman–Crippen LogP) is -0.313. The zero-order valence-electron chi connectivity index (χ0n) is 10.6. The van der Waals surface area contributed by atoms with Crippen LogP contribution in [0.4, 0.5) is 17.6 Å². The van der Waals surface area contributed by atoms with Crippen LogP contribution in [0.25, 0.3) is 0 Å². The molecule has 7 nitrogen and oxygen atoms in total. The Hall–Kier alpha value is -1.60. The van der Waals surface area contributed by atoms with Crippen LogP contribution in [-0.2, 0) is 4.74 Å². The van der Waals surface area contributed by atoms with E-state index in [-0.39, 0.29) is 24.7 Å². The van der Waals surface area contributed by atoms with Gasteiger partial charge in [-0.3, -0.25) is 0 Å². The fraction of sp³-hybridized carbons (Fsp3) is 0.636. The van der Waals surface area contributed by atoms with Crippen molar-refractivity contribution in [3.05, 3.63) is 6.07 Å². The summed E-state index contributed by atoms with van der Waals surface area (Å²) in [6.45, 7) is 3.20. The first-order valence-electron chi connectivity index (χ1n) is 5.95. The number of hydrogen-bond acceptors (Lipinski definition) is 7. The van der Waals surface area contributed by atoms with Gasteiger partial charge in [-0.1, -0.05) is 0 Å². The Balaban J connectivity index is 2.25. The first-order chi connectivity index (χ1) is 8.63. The minimum Gasteiger partial charge on any atom is -0.394 e. The normalized spacial score (nSPS) is 24.1. The van der Waals surface area contributed by atoms with Crippen LogP contribution in [0.3, 0.4) is 0 Å². The highest BCUT2D eigenvalue weighted by atomic mass is 16.5. The third-order valence-corrected chi connectivity index (χ3v) is 2.99. The minimum absolute atomic E-state index is 0.00265. The van der Waals surface area contributed by atoms with Crippen molar-refractivity contribution in [1.82, 2.24) is 9.97 Å². The molecule has 2 unspecified atom stereocenters. The lowest BCUT2D eigenvalue weighted by Gasteiger charge is -2.38. The number of nitrogens with zero attached hydrogens (tertiary/aromatic N) is 3. The second kappa shape index (κ2) is 5.36. The molecule has 0 aliphatic carbocycles. The maximum Gasteiger partial charge on any atom is 0.223 e. The topological polar surface area (TPSA) is 96.5 Å². The molecular formula is C11H19N5O2. The first-order valence-corrected chi connectivity index (χ1v) is 5.95. The molecule has 7 heteroatoms. The van der Waals surface area contributed by atoms with Crippen LogP contribution in [0.2, 0.25) is 0 Å². The minimum atomic E-state index is -0.185. The van der Waals surface area contributed by atoms with E-state index in [1.807, 2.05) is 13.0 Å². The maximum atomic E-state index is 9.18. The summed E-state index contributed by atoms with van der Waals surface area (Å²) in [6.07, 6.45) is -0.185. The molecule has 18 heavy (non-hydrogen) atoms. The summed E-state index contributed by atoms with van der Waals surface area (Å²) >= 11 is 0.